The molecule has 0 bridgehead atoms. The Balaban J connectivity index is 4.66. The van der Waals surface area contributed by atoms with Crippen molar-refractivity contribution in [2.75, 3.05) is 6.61 Å². The minimum atomic E-state index is -0.811. The molecular weight excluding hydrogens is 767 g/mol. The SMILES string of the molecule is CC/C=C/C=C/C=C\C=C/C=C/CCCCCC(=O)OC(CCCC/C=C/C/C=C/C/C=C/CC)CC(=O)NC(CO)C(O)CCCCCCCCCCCCCCCCCC. The Hall–Kier alpha value is -3.22. The lowest BCUT2D eigenvalue weighted by Gasteiger charge is -2.24. The maximum Gasteiger partial charge on any atom is 0.306 e. The Morgan fingerprint density at radius 1 is 0.500 bits per heavy atom. The summed E-state index contributed by atoms with van der Waals surface area (Å²) in [6.45, 7) is 6.20. The van der Waals surface area contributed by atoms with E-state index in [1.165, 1.54) is 83.5 Å². The summed E-state index contributed by atoms with van der Waals surface area (Å²) >= 11 is 0. The summed E-state index contributed by atoms with van der Waals surface area (Å²) in [5, 5.41) is 23.8. The van der Waals surface area contributed by atoms with Gasteiger partial charge < -0.3 is 20.3 Å². The van der Waals surface area contributed by atoms with Crippen LogP contribution in [0.15, 0.2) is 97.2 Å². The highest BCUT2D eigenvalue weighted by Crippen LogP contribution is 2.17. The zero-order valence-electron chi connectivity index (χ0n) is 40.2. The number of aliphatic hydroxyl groups excluding tert-OH is 2. The van der Waals surface area contributed by atoms with Crippen molar-refractivity contribution in [2.45, 2.75) is 238 Å². The fraction of sp³-hybridized carbons (Fsp3) is 0.679. The van der Waals surface area contributed by atoms with E-state index >= 15 is 0 Å². The Labute approximate surface area is 382 Å². The number of allylic oxidation sites excluding steroid dienone is 16. The molecule has 0 aliphatic rings. The normalized spacial score (nSPS) is 14.1. The van der Waals surface area contributed by atoms with Gasteiger partial charge in [-0.05, 0) is 77.0 Å². The zero-order valence-corrected chi connectivity index (χ0v) is 40.2. The van der Waals surface area contributed by atoms with Crippen molar-refractivity contribution in [1.29, 1.82) is 0 Å². The number of nitrogens with one attached hydrogen (secondary N) is 1. The largest absolute Gasteiger partial charge is 0.462 e. The number of ether oxygens (including phenoxy) is 1. The highest BCUT2D eigenvalue weighted by Gasteiger charge is 2.24. The Morgan fingerprint density at radius 2 is 0.952 bits per heavy atom. The molecule has 0 fully saturated rings. The molecule has 0 aromatic rings. The fourth-order valence-electron chi connectivity index (χ4n) is 7.23. The summed E-state index contributed by atoms with van der Waals surface area (Å²) in [4.78, 5) is 26.1. The fourth-order valence-corrected chi connectivity index (χ4v) is 7.23. The number of carbonyl (C=O) groups excluding carboxylic acids is 2. The van der Waals surface area contributed by atoms with Crippen LogP contribution in [0.2, 0.25) is 0 Å². The average Bonchev–Trinajstić information content (AvgIpc) is 3.26. The second-order valence-corrected chi connectivity index (χ2v) is 16.9. The van der Waals surface area contributed by atoms with Crippen LogP contribution in [-0.4, -0.2) is 46.9 Å². The Bertz CT molecular complexity index is 1240. The molecule has 0 radical (unpaired) electrons. The first-order valence-corrected chi connectivity index (χ1v) is 25.5. The third kappa shape index (κ3) is 43.4. The van der Waals surface area contributed by atoms with E-state index in [9.17, 15) is 19.8 Å². The smallest absolute Gasteiger partial charge is 0.306 e. The predicted molar refractivity (Wildman–Crippen MR) is 268 cm³/mol. The number of amides is 1. The van der Waals surface area contributed by atoms with Gasteiger partial charge in [0.15, 0.2) is 0 Å². The minimum absolute atomic E-state index is 0.0286. The quantitative estimate of drug-likeness (QED) is 0.0245. The molecule has 3 unspecified atom stereocenters. The average molecular weight is 862 g/mol. The van der Waals surface area contributed by atoms with Crippen LogP contribution in [0.25, 0.3) is 0 Å². The zero-order chi connectivity index (χ0) is 45.2. The van der Waals surface area contributed by atoms with Gasteiger partial charge in [-0.3, -0.25) is 9.59 Å². The van der Waals surface area contributed by atoms with Crippen LogP contribution >= 0.6 is 0 Å². The monoisotopic (exact) mass is 862 g/mol. The van der Waals surface area contributed by atoms with Crippen molar-refractivity contribution in [3.05, 3.63) is 97.2 Å². The summed E-state index contributed by atoms with van der Waals surface area (Å²) in [6, 6.07) is -0.729. The number of hydrogen-bond donors (Lipinski definition) is 3. The van der Waals surface area contributed by atoms with Gasteiger partial charge in [-0.2, -0.15) is 0 Å². The standard InChI is InChI=1S/C56H95NO5/c1-4-7-10-13-16-19-22-25-27-29-30-33-36-39-42-45-48-54(59)53(51-58)57-55(60)50-52(47-44-41-38-35-32-24-21-18-15-12-9-6-3)62-56(61)49-46-43-40-37-34-31-28-26-23-20-17-14-11-8-5-2/h8-9,11-12,14,17-18,20-21,23,26,28,31-32,34-35,52-54,58-59H,4-7,10,13,15-16,19,22,24-25,27,29-30,33,36-51H2,1-3H3,(H,57,60)/b11-8+,12-9+,17-14+,21-18+,23-20-,28-26-,34-31+,35-32+. The van der Waals surface area contributed by atoms with E-state index < -0.39 is 18.2 Å². The minimum Gasteiger partial charge on any atom is -0.462 e. The van der Waals surface area contributed by atoms with Crippen molar-refractivity contribution in [3.63, 3.8) is 0 Å². The van der Waals surface area contributed by atoms with Gasteiger partial charge in [0.2, 0.25) is 5.91 Å². The van der Waals surface area contributed by atoms with Gasteiger partial charge >= 0.3 is 5.97 Å². The van der Waals surface area contributed by atoms with Crippen LogP contribution in [0.3, 0.4) is 0 Å². The molecule has 0 saturated carbocycles. The molecule has 0 aliphatic carbocycles. The van der Waals surface area contributed by atoms with Crippen molar-refractivity contribution in [2.24, 2.45) is 0 Å². The molecule has 6 heteroatoms. The summed E-state index contributed by atoms with van der Waals surface area (Å²) < 4.78 is 5.88. The Kier molecular flexibility index (Phi) is 46.3. The van der Waals surface area contributed by atoms with E-state index in [1.54, 1.807) is 0 Å². The van der Waals surface area contributed by atoms with Gasteiger partial charge in [0.25, 0.3) is 0 Å². The maximum atomic E-state index is 13.2. The molecule has 62 heavy (non-hydrogen) atoms. The second kappa shape index (κ2) is 48.8. The number of unbranched alkanes of at least 4 members (excludes halogenated alkanes) is 20. The molecule has 1 amide bonds. The van der Waals surface area contributed by atoms with Gasteiger partial charge in [0, 0.05) is 6.42 Å². The summed E-state index contributed by atoms with van der Waals surface area (Å²) in [5.74, 6) is -0.569. The first kappa shape index (κ1) is 58.8. The summed E-state index contributed by atoms with van der Waals surface area (Å²) in [7, 11) is 0. The molecule has 0 aromatic heterocycles. The van der Waals surface area contributed by atoms with Gasteiger partial charge in [-0.1, -0.05) is 227 Å². The van der Waals surface area contributed by atoms with E-state index in [4.69, 9.17) is 4.74 Å². The highest BCUT2D eigenvalue weighted by atomic mass is 16.5. The molecule has 3 atom stereocenters. The number of esters is 1. The van der Waals surface area contributed by atoms with E-state index in [0.29, 0.717) is 19.3 Å². The van der Waals surface area contributed by atoms with E-state index in [2.05, 4.69) is 80.8 Å². The first-order valence-electron chi connectivity index (χ1n) is 25.5. The third-order valence-corrected chi connectivity index (χ3v) is 11.0. The molecule has 0 rings (SSSR count). The van der Waals surface area contributed by atoms with Crippen LogP contribution < -0.4 is 5.32 Å². The lowest BCUT2D eigenvalue weighted by atomic mass is 10.0. The van der Waals surface area contributed by atoms with Crippen LogP contribution in [0.5, 0.6) is 0 Å². The lowest BCUT2D eigenvalue weighted by Crippen LogP contribution is -2.46. The second-order valence-electron chi connectivity index (χ2n) is 16.9. The molecular formula is C56H95NO5. The van der Waals surface area contributed by atoms with Gasteiger partial charge in [-0.15, -0.1) is 0 Å². The lowest BCUT2D eigenvalue weighted by molar-refractivity contribution is -0.151. The van der Waals surface area contributed by atoms with Gasteiger partial charge in [0.1, 0.15) is 6.10 Å². The van der Waals surface area contributed by atoms with Crippen LogP contribution in [0.1, 0.15) is 220 Å². The van der Waals surface area contributed by atoms with Gasteiger partial charge in [0.05, 0.1) is 25.2 Å². The number of hydrogen-bond acceptors (Lipinski definition) is 5. The number of carbonyl (C=O) groups is 2. The summed E-state index contributed by atoms with van der Waals surface area (Å²) in [5.41, 5.74) is 0. The van der Waals surface area contributed by atoms with Crippen molar-refractivity contribution >= 4 is 11.9 Å². The predicted octanol–water partition coefficient (Wildman–Crippen LogP) is 15.3. The number of aliphatic hydroxyl groups is 2. The molecule has 0 saturated heterocycles. The molecule has 0 heterocycles. The Morgan fingerprint density at radius 3 is 1.52 bits per heavy atom. The first-order chi connectivity index (χ1) is 30.5. The third-order valence-electron chi connectivity index (χ3n) is 11.0. The molecule has 3 N–H and O–H groups in total. The highest BCUT2D eigenvalue weighted by molar-refractivity contribution is 5.77. The van der Waals surface area contributed by atoms with E-state index in [0.717, 1.165) is 89.9 Å². The van der Waals surface area contributed by atoms with E-state index in [-0.39, 0.29) is 24.9 Å². The van der Waals surface area contributed by atoms with Crippen molar-refractivity contribution in [3.8, 4) is 0 Å². The molecule has 354 valence electrons. The number of rotatable bonds is 44. The maximum absolute atomic E-state index is 13.2. The van der Waals surface area contributed by atoms with Gasteiger partial charge in [-0.25, -0.2) is 0 Å². The molecule has 0 aliphatic heterocycles. The van der Waals surface area contributed by atoms with Crippen LogP contribution in [0, 0.1) is 0 Å². The van der Waals surface area contributed by atoms with Crippen molar-refractivity contribution < 1.29 is 24.5 Å². The molecule has 0 spiro atoms. The topological polar surface area (TPSA) is 95.9 Å². The van der Waals surface area contributed by atoms with E-state index in [1.807, 2.05) is 42.5 Å². The summed E-state index contributed by atoms with van der Waals surface area (Å²) in [6.07, 6.45) is 64.7. The van der Waals surface area contributed by atoms with Crippen LogP contribution in [-0.2, 0) is 14.3 Å². The van der Waals surface area contributed by atoms with Crippen LogP contribution in [0.4, 0.5) is 0 Å². The molecule has 0 aromatic carbocycles. The van der Waals surface area contributed by atoms with Crippen molar-refractivity contribution in [1.82, 2.24) is 5.32 Å². The molecule has 6 nitrogen and oxygen atoms in total.